The molecule has 0 saturated heterocycles. The van der Waals surface area contributed by atoms with Crippen molar-refractivity contribution in [1.29, 1.82) is 0 Å². The molecule has 0 bridgehead atoms. The van der Waals surface area contributed by atoms with Gasteiger partial charge in [0.2, 0.25) is 0 Å². The Kier molecular flexibility index (Phi) is 2.98. The van der Waals surface area contributed by atoms with Gasteiger partial charge in [-0.05, 0) is 31.6 Å². The van der Waals surface area contributed by atoms with Crippen LogP contribution in [0, 0.1) is 5.92 Å². The summed E-state index contributed by atoms with van der Waals surface area (Å²) in [5, 5.41) is 0. The van der Waals surface area contributed by atoms with E-state index >= 15 is 0 Å². The van der Waals surface area contributed by atoms with E-state index in [1.165, 1.54) is 32.1 Å². The van der Waals surface area contributed by atoms with Crippen LogP contribution in [0.4, 0.5) is 0 Å². The molecule has 0 amide bonds. The molecule has 0 nitrogen and oxygen atoms in total. The van der Waals surface area contributed by atoms with E-state index < -0.39 is 0 Å². The van der Waals surface area contributed by atoms with Gasteiger partial charge in [-0.1, -0.05) is 31.9 Å². The fourth-order valence-corrected chi connectivity index (χ4v) is 1.79. The van der Waals surface area contributed by atoms with E-state index in [0.29, 0.717) is 0 Å². The van der Waals surface area contributed by atoms with Crippen LogP contribution in [0.3, 0.4) is 0 Å². The van der Waals surface area contributed by atoms with Gasteiger partial charge in [-0.3, -0.25) is 0 Å². The molecule has 0 radical (unpaired) electrons. The van der Waals surface area contributed by atoms with E-state index in [-0.39, 0.29) is 0 Å². The Bertz CT molecular complexity index is 122. The zero-order valence-electron chi connectivity index (χ0n) is 7.19. The molecule has 0 heterocycles. The summed E-state index contributed by atoms with van der Waals surface area (Å²) < 4.78 is 0. The average Bonchev–Trinajstić information content (AvgIpc) is 2.37. The Morgan fingerprint density at radius 1 is 1.50 bits per heavy atom. The summed E-state index contributed by atoms with van der Waals surface area (Å²) in [7, 11) is 0. The Morgan fingerprint density at radius 3 is 2.80 bits per heavy atom. The Morgan fingerprint density at radius 2 is 2.30 bits per heavy atom. The molecule has 0 aromatic rings. The van der Waals surface area contributed by atoms with Crippen molar-refractivity contribution in [3.05, 3.63) is 11.6 Å². The molecule has 0 aliphatic heterocycles. The van der Waals surface area contributed by atoms with Gasteiger partial charge in [0, 0.05) is 0 Å². The molecule has 0 aromatic carbocycles. The van der Waals surface area contributed by atoms with Crippen molar-refractivity contribution in [2.75, 3.05) is 0 Å². The molecule has 0 spiro atoms. The Labute approximate surface area is 64.3 Å². The van der Waals surface area contributed by atoms with Crippen LogP contribution >= 0.6 is 0 Å². The molecule has 1 atom stereocenters. The SMILES string of the molecule is CC/C=C1/CCC(CC)C1. The molecular weight excluding hydrogens is 120 g/mol. The topological polar surface area (TPSA) is 0 Å². The maximum Gasteiger partial charge on any atom is -0.0292 e. The summed E-state index contributed by atoms with van der Waals surface area (Å²) in [5.41, 5.74) is 1.72. The van der Waals surface area contributed by atoms with Gasteiger partial charge in [0.25, 0.3) is 0 Å². The number of allylic oxidation sites excluding steroid dienone is 2. The highest BCUT2D eigenvalue weighted by Crippen LogP contribution is 2.32. The first-order valence-corrected chi connectivity index (χ1v) is 4.54. The van der Waals surface area contributed by atoms with E-state index in [4.69, 9.17) is 0 Å². The molecule has 1 aliphatic rings. The van der Waals surface area contributed by atoms with Crippen LogP contribution in [0.25, 0.3) is 0 Å². The van der Waals surface area contributed by atoms with E-state index in [1.54, 1.807) is 5.57 Å². The van der Waals surface area contributed by atoms with Crippen molar-refractivity contribution >= 4 is 0 Å². The van der Waals surface area contributed by atoms with Crippen molar-refractivity contribution in [2.45, 2.75) is 46.0 Å². The van der Waals surface area contributed by atoms with Crippen molar-refractivity contribution in [3.8, 4) is 0 Å². The summed E-state index contributed by atoms with van der Waals surface area (Å²) in [6.45, 7) is 4.53. The van der Waals surface area contributed by atoms with Crippen LogP contribution in [0.2, 0.25) is 0 Å². The Hall–Kier alpha value is -0.260. The first-order valence-electron chi connectivity index (χ1n) is 4.54. The van der Waals surface area contributed by atoms with Crippen molar-refractivity contribution < 1.29 is 0 Å². The van der Waals surface area contributed by atoms with Gasteiger partial charge in [0.15, 0.2) is 0 Å². The lowest BCUT2D eigenvalue weighted by Gasteiger charge is -2.00. The van der Waals surface area contributed by atoms with Gasteiger partial charge in [0.05, 0.1) is 0 Å². The molecule has 0 aromatic heterocycles. The second-order valence-corrected chi connectivity index (χ2v) is 3.29. The van der Waals surface area contributed by atoms with Gasteiger partial charge in [-0.15, -0.1) is 0 Å². The minimum Gasteiger partial charge on any atom is -0.0856 e. The lowest BCUT2D eigenvalue weighted by molar-refractivity contribution is 0.537. The summed E-state index contributed by atoms with van der Waals surface area (Å²) in [6, 6.07) is 0. The molecule has 58 valence electrons. The second kappa shape index (κ2) is 3.80. The third-order valence-corrected chi connectivity index (χ3v) is 2.49. The molecule has 1 rings (SSSR count). The van der Waals surface area contributed by atoms with E-state index in [1.807, 2.05) is 0 Å². The van der Waals surface area contributed by atoms with Gasteiger partial charge in [-0.2, -0.15) is 0 Å². The van der Waals surface area contributed by atoms with Gasteiger partial charge in [-0.25, -0.2) is 0 Å². The summed E-state index contributed by atoms with van der Waals surface area (Å²) in [5.74, 6) is 1.01. The van der Waals surface area contributed by atoms with Crippen molar-refractivity contribution in [1.82, 2.24) is 0 Å². The number of hydrogen-bond donors (Lipinski definition) is 0. The van der Waals surface area contributed by atoms with Crippen LogP contribution in [0.15, 0.2) is 11.6 Å². The lowest BCUT2D eigenvalue weighted by atomic mass is 10.1. The van der Waals surface area contributed by atoms with Crippen LogP contribution in [0.5, 0.6) is 0 Å². The highest BCUT2D eigenvalue weighted by Gasteiger charge is 2.16. The third kappa shape index (κ3) is 1.86. The Balaban J connectivity index is 2.35. The molecule has 1 unspecified atom stereocenters. The third-order valence-electron chi connectivity index (χ3n) is 2.49. The van der Waals surface area contributed by atoms with Crippen LogP contribution in [0.1, 0.15) is 46.0 Å². The monoisotopic (exact) mass is 138 g/mol. The number of hydrogen-bond acceptors (Lipinski definition) is 0. The predicted molar refractivity (Wildman–Crippen MR) is 46.0 cm³/mol. The zero-order valence-corrected chi connectivity index (χ0v) is 7.19. The minimum atomic E-state index is 1.01. The van der Waals surface area contributed by atoms with Gasteiger partial charge in [0.1, 0.15) is 0 Å². The molecule has 10 heavy (non-hydrogen) atoms. The molecule has 0 heteroatoms. The smallest absolute Gasteiger partial charge is 0.0292 e. The first-order chi connectivity index (χ1) is 4.86. The molecule has 1 saturated carbocycles. The van der Waals surface area contributed by atoms with Crippen molar-refractivity contribution in [2.24, 2.45) is 5.92 Å². The van der Waals surface area contributed by atoms with Crippen LogP contribution < -0.4 is 0 Å². The average molecular weight is 138 g/mol. The fraction of sp³-hybridized carbons (Fsp3) is 0.800. The zero-order chi connectivity index (χ0) is 7.40. The summed E-state index contributed by atoms with van der Waals surface area (Å²) in [4.78, 5) is 0. The first kappa shape index (κ1) is 7.84. The maximum absolute atomic E-state index is 2.41. The standard InChI is InChI=1S/C10H18/c1-3-5-10-7-6-9(4-2)8-10/h5,9H,3-4,6-8H2,1-2H3/b10-5-. The second-order valence-electron chi connectivity index (χ2n) is 3.29. The van der Waals surface area contributed by atoms with E-state index in [0.717, 1.165) is 5.92 Å². The van der Waals surface area contributed by atoms with Crippen LogP contribution in [-0.4, -0.2) is 0 Å². The normalized spacial score (nSPS) is 29.8. The summed E-state index contributed by atoms with van der Waals surface area (Å²) >= 11 is 0. The van der Waals surface area contributed by atoms with Gasteiger partial charge >= 0.3 is 0 Å². The van der Waals surface area contributed by atoms with Crippen molar-refractivity contribution in [3.63, 3.8) is 0 Å². The molecule has 1 aliphatic carbocycles. The fourth-order valence-electron chi connectivity index (χ4n) is 1.79. The molecule has 0 N–H and O–H groups in total. The maximum atomic E-state index is 2.41. The quantitative estimate of drug-likeness (QED) is 0.512. The summed E-state index contributed by atoms with van der Waals surface area (Å²) in [6.07, 6.45) is 9.24. The lowest BCUT2D eigenvalue weighted by Crippen LogP contribution is -1.87. The van der Waals surface area contributed by atoms with E-state index in [9.17, 15) is 0 Å². The molecular formula is C10H18. The largest absolute Gasteiger partial charge is 0.0856 e. The van der Waals surface area contributed by atoms with Gasteiger partial charge < -0.3 is 0 Å². The van der Waals surface area contributed by atoms with E-state index in [2.05, 4.69) is 19.9 Å². The minimum absolute atomic E-state index is 1.01. The van der Waals surface area contributed by atoms with Crippen LogP contribution in [-0.2, 0) is 0 Å². The number of rotatable bonds is 2. The predicted octanol–water partition coefficient (Wildman–Crippen LogP) is 3.53. The highest BCUT2D eigenvalue weighted by molar-refractivity contribution is 5.07. The highest BCUT2D eigenvalue weighted by atomic mass is 14.2. The molecule has 1 fully saturated rings.